The summed E-state index contributed by atoms with van der Waals surface area (Å²) in [4.78, 5) is 30.0. The van der Waals surface area contributed by atoms with Crippen molar-refractivity contribution in [2.24, 2.45) is 0 Å². The molecule has 0 unspecified atom stereocenters. The van der Waals surface area contributed by atoms with Crippen LogP contribution in [0.3, 0.4) is 0 Å². The summed E-state index contributed by atoms with van der Waals surface area (Å²) in [6.45, 7) is 0.262. The van der Waals surface area contributed by atoms with Gasteiger partial charge in [-0.25, -0.2) is 0 Å². The second kappa shape index (κ2) is 4.77. The number of benzene rings is 1. The van der Waals surface area contributed by atoms with E-state index in [-0.39, 0.29) is 18.4 Å². The molecule has 2 heterocycles. The highest BCUT2D eigenvalue weighted by Gasteiger charge is 2.37. The second-order valence-electron chi connectivity index (χ2n) is 4.53. The monoisotopic (exact) mass is 267 g/mol. The van der Waals surface area contributed by atoms with Crippen molar-refractivity contribution in [2.75, 3.05) is 12.4 Å². The number of aromatic nitrogens is 1. The lowest BCUT2D eigenvalue weighted by Crippen LogP contribution is -2.29. The number of hydrogen-bond donors (Lipinski definition) is 1. The van der Waals surface area contributed by atoms with Crippen LogP contribution in [0.2, 0.25) is 0 Å². The van der Waals surface area contributed by atoms with E-state index in [2.05, 4.69) is 10.3 Å². The van der Waals surface area contributed by atoms with Crippen LogP contribution in [0.4, 0.5) is 5.69 Å². The van der Waals surface area contributed by atoms with E-state index in [9.17, 15) is 9.59 Å². The Balaban J connectivity index is 1.98. The highest BCUT2D eigenvalue weighted by Crippen LogP contribution is 2.29. The molecule has 0 fully saturated rings. The number of nitrogens with one attached hydrogen (secondary N) is 1. The number of carbonyl (C=O) groups is 2. The summed E-state index contributed by atoms with van der Waals surface area (Å²) >= 11 is 0. The first-order valence-electron chi connectivity index (χ1n) is 6.28. The van der Waals surface area contributed by atoms with Gasteiger partial charge in [-0.15, -0.1) is 0 Å². The van der Waals surface area contributed by atoms with Crippen molar-refractivity contribution in [3.05, 3.63) is 59.4 Å². The van der Waals surface area contributed by atoms with Crippen LogP contribution in [0.15, 0.2) is 42.7 Å². The molecule has 1 N–H and O–H groups in total. The fourth-order valence-corrected chi connectivity index (χ4v) is 2.36. The highest BCUT2D eigenvalue weighted by atomic mass is 16.2. The molecule has 0 saturated carbocycles. The third-order valence-corrected chi connectivity index (χ3v) is 3.36. The van der Waals surface area contributed by atoms with E-state index in [0.717, 1.165) is 5.56 Å². The first-order chi connectivity index (χ1) is 9.72. The summed E-state index contributed by atoms with van der Waals surface area (Å²) < 4.78 is 0. The minimum Gasteiger partial charge on any atom is -0.387 e. The van der Waals surface area contributed by atoms with Gasteiger partial charge < -0.3 is 5.32 Å². The number of fused-ring (bicyclic) bond motifs is 1. The fraction of sp³-hybridized carbons (Fsp3) is 0.133. The molecule has 0 radical (unpaired) electrons. The standard InChI is InChI=1S/C15H13N3O2/c1-16-12-4-2-3-11-13(12)15(20)18(14(11)19)9-10-5-7-17-8-6-10/h2-8,16H,9H2,1H3. The van der Waals surface area contributed by atoms with Crippen molar-refractivity contribution in [1.29, 1.82) is 0 Å². The van der Waals surface area contributed by atoms with Crippen molar-refractivity contribution < 1.29 is 9.59 Å². The molecule has 1 aromatic carbocycles. The first-order valence-corrected chi connectivity index (χ1v) is 6.28. The van der Waals surface area contributed by atoms with E-state index in [1.807, 2.05) is 0 Å². The van der Waals surface area contributed by atoms with Crippen LogP contribution in [0.25, 0.3) is 0 Å². The van der Waals surface area contributed by atoms with Gasteiger partial charge >= 0.3 is 0 Å². The molecule has 1 aliphatic heterocycles. The maximum Gasteiger partial charge on any atom is 0.263 e. The molecule has 0 atom stereocenters. The number of carbonyl (C=O) groups excluding carboxylic acids is 2. The zero-order valence-corrected chi connectivity index (χ0v) is 11.0. The van der Waals surface area contributed by atoms with Gasteiger partial charge in [0.2, 0.25) is 0 Å². The van der Waals surface area contributed by atoms with Gasteiger partial charge in [0.1, 0.15) is 0 Å². The molecule has 1 aliphatic rings. The molecule has 20 heavy (non-hydrogen) atoms. The molecular weight excluding hydrogens is 254 g/mol. The topological polar surface area (TPSA) is 62.3 Å². The summed E-state index contributed by atoms with van der Waals surface area (Å²) in [6.07, 6.45) is 3.29. The average molecular weight is 267 g/mol. The number of pyridine rings is 1. The molecule has 5 nitrogen and oxygen atoms in total. The molecule has 0 aliphatic carbocycles. The Bertz CT molecular complexity index is 683. The highest BCUT2D eigenvalue weighted by molar-refractivity contribution is 6.23. The molecule has 100 valence electrons. The van der Waals surface area contributed by atoms with Crippen LogP contribution in [-0.2, 0) is 6.54 Å². The van der Waals surface area contributed by atoms with E-state index >= 15 is 0 Å². The minimum atomic E-state index is -0.258. The Morgan fingerprint density at radius 1 is 1.10 bits per heavy atom. The summed E-state index contributed by atoms with van der Waals surface area (Å²) in [6, 6.07) is 8.83. The number of anilines is 1. The van der Waals surface area contributed by atoms with Crippen molar-refractivity contribution in [3.8, 4) is 0 Å². The smallest absolute Gasteiger partial charge is 0.263 e. The normalized spacial score (nSPS) is 13.6. The van der Waals surface area contributed by atoms with E-state index in [0.29, 0.717) is 16.8 Å². The van der Waals surface area contributed by atoms with Gasteiger partial charge in [0.15, 0.2) is 0 Å². The summed E-state index contributed by atoms with van der Waals surface area (Å²) in [5.74, 6) is -0.509. The Labute approximate surface area is 116 Å². The lowest BCUT2D eigenvalue weighted by atomic mass is 10.1. The van der Waals surface area contributed by atoms with Gasteiger partial charge in [-0.1, -0.05) is 6.07 Å². The number of rotatable bonds is 3. The van der Waals surface area contributed by atoms with Crippen LogP contribution >= 0.6 is 0 Å². The summed E-state index contributed by atoms with van der Waals surface area (Å²) in [7, 11) is 1.74. The lowest BCUT2D eigenvalue weighted by Gasteiger charge is -2.13. The lowest BCUT2D eigenvalue weighted by molar-refractivity contribution is 0.0642. The van der Waals surface area contributed by atoms with Crippen molar-refractivity contribution in [3.63, 3.8) is 0 Å². The molecule has 5 heteroatoms. The van der Waals surface area contributed by atoms with Gasteiger partial charge in [-0.2, -0.15) is 0 Å². The van der Waals surface area contributed by atoms with E-state index in [4.69, 9.17) is 0 Å². The molecule has 2 aromatic rings. The van der Waals surface area contributed by atoms with Crippen LogP contribution in [0.5, 0.6) is 0 Å². The zero-order chi connectivity index (χ0) is 14.1. The third kappa shape index (κ3) is 1.84. The maximum atomic E-state index is 12.4. The average Bonchev–Trinajstić information content (AvgIpc) is 2.73. The van der Waals surface area contributed by atoms with Crippen LogP contribution in [-0.4, -0.2) is 28.7 Å². The summed E-state index contributed by atoms with van der Waals surface area (Å²) in [5.41, 5.74) is 2.46. The minimum absolute atomic E-state index is 0.251. The number of nitrogens with zero attached hydrogens (tertiary/aromatic N) is 2. The van der Waals surface area contributed by atoms with Crippen molar-refractivity contribution in [1.82, 2.24) is 9.88 Å². The number of hydrogen-bond acceptors (Lipinski definition) is 4. The molecule has 0 spiro atoms. The molecular formula is C15H13N3O2. The largest absolute Gasteiger partial charge is 0.387 e. The van der Waals surface area contributed by atoms with Crippen LogP contribution in [0.1, 0.15) is 26.3 Å². The predicted molar refractivity (Wildman–Crippen MR) is 74.4 cm³/mol. The molecule has 1 aromatic heterocycles. The van der Waals surface area contributed by atoms with Gasteiger partial charge in [-0.3, -0.25) is 19.5 Å². The van der Waals surface area contributed by atoms with Crippen LogP contribution < -0.4 is 5.32 Å². The predicted octanol–water partition coefficient (Wildman–Crippen LogP) is 1.92. The second-order valence-corrected chi connectivity index (χ2v) is 4.53. The number of imide groups is 1. The molecule has 2 amide bonds. The SMILES string of the molecule is CNc1cccc2c1C(=O)N(Cc1ccncc1)C2=O. The third-order valence-electron chi connectivity index (χ3n) is 3.36. The van der Waals surface area contributed by atoms with E-state index in [1.165, 1.54) is 4.90 Å². The first kappa shape index (κ1) is 12.3. The Hall–Kier alpha value is -2.69. The zero-order valence-electron chi connectivity index (χ0n) is 11.0. The Kier molecular flexibility index (Phi) is 2.95. The van der Waals surface area contributed by atoms with Gasteiger partial charge in [-0.05, 0) is 29.8 Å². The summed E-state index contributed by atoms with van der Waals surface area (Å²) in [5, 5.41) is 2.95. The maximum absolute atomic E-state index is 12.4. The van der Waals surface area contributed by atoms with Gasteiger partial charge in [0.05, 0.1) is 17.7 Å². The molecule has 3 rings (SSSR count). The van der Waals surface area contributed by atoms with Gasteiger partial charge in [0, 0.05) is 25.1 Å². The van der Waals surface area contributed by atoms with Crippen molar-refractivity contribution in [2.45, 2.75) is 6.54 Å². The van der Waals surface area contributed by atoms with Crippen molar-refractivity contribution >= 4 is 17.5 Å². The number of amides is 2. The molecule has 0 bridgehead atoms. The molecule has 0 saturated heterocycles. The van der Waals surface area contributed by atoms with Gasteiger partial charge in [0.25, 0.3) is 11.8 Å². The Morgan fingerprint density at radius 3 is 2.55 bits per heavy atom. The quantitative estimate of drug-likeness (QED) is 0.863. The van der Waals surface area contributed by atoms with E-state index < -0.39 is 0 Å². The Morgan fingerprint density at radius 2 is 1.85 bits per heavy atom. The van der Waals surface area contributed by atoms with E-state index in [1.54, 1.807) is 49.8 Å². The van der Waals surface area contributed by atoms with Crippen LogP contribution in [0, 0.1) is 0 Å². The fourth-order valence-electron chi connectivity index (χ4n) is 2.36.